The SMILES string of the molecule is CC(C)(C)c1cc(/C=N/Nc2ccccn2)c(O)c(C(C)(C)C)c1. The highest BCUT2D eigenvalue weighted by molar-refractivity contribution is 5.85. The highest BCUT2D eigenvalue weighted by atomic mass is 16.3. The molecule has 0 spiro atoms. The lowest BCUT2D eigenvalue weighted by atomic mass is 9.79. The number of hydrogen-bond donors (Lipinski definition) is 2. The number of nitrogens with zero attached hydrogens (tertiary/aromatic N) is 2. The van der Waals surface area contributed by atoms with Crippen molar-refractivity contribution in [3.8, 4) is 5.75 Å². The number of aromatic nitrogens is 1. The van der Waals surface area contributed by atoms with Crippen LogP contribution in [0.15, 0.2) is 41.6 Å². The molecular formula is C20H27N3O. The van der Waals surface area contributed by atoms with E-state index in [-0.39, 0.29) is 16.6 Å². The Morgan fingerprint density at radius 1 is 1.04 bits per heavy atom. The summed E-state index contributed by atoms with van der Waals surface area (Å²) in [6, 6.07) is 9.67. The number of rotatable bonds is 3. The fraction of sp³-hybridized carbons (Fsp3) is 0.400. The largest absolute Gasteiger partial charge is 0.507 e. The standard InChI is InChI=1S/C20H27N3O/c1-19(2,3)15-11-14(18(24)16(12-15)20(4,5)6)13-22-23-17-9-7-8-10-21-17/h7-13,24H,1-6H3,(H,21,23)/b22-13+. The number of hydrazone groups is 1. The molecule has 0 aliphatic carbocycles. The van der Waals surface area contributed by atoms with E-state index < -0.39 is 0 Å². The first-order valence-electron chi connectivity index (χ1n) is 8.17. The van der Waals surface area contributed by atoms with Gasteiger partial charge in [-0.05, 0) is 34.6 Å². The van der Waals surface area contributed by atoms with Crippen LogP contribution in [0.25, 0.3) is 0 Å². The molecule has 0 saturated carbocycles. The Morgan fingerprint density at radius 2 is 1.75 bits per heavy atom. The molecule has 0 fully saturated rings. The summed E-state index contributed by atoms with van der Waals surface area (Å²) in [5.41, 5.74) is 5.52. The van der Waals surface area contributed by atoms with Crippen molar-refractivity contribution < 1.29 is 5.11 Å². The van der Waals surface area contributed by atoms with Gasteiger partial charge in [0.1, 0.15) is 11.6 Å². The minimum absolute atomic E-state index is 0.00922. The average molecular weight is 325 g/mol. The first kappa shape index (κ1) is 18.0. The number of phenols is 1. The lowest BCUT2D eigenvalue weighted by Crippen LogP contribution is -2.17. The maximum atomic E-state index is 10.7. The van der Waals surface area contributed by atoms with Gasteiger partial charge in [0.15, 0.2) is 0 Å². The fourth-order valence-electron chi connectivity index (χ4n) is 2.36. The molecule has 1 aromatic heterocycles. The first-order chi connectivity index (χ1) is 11.1. The lowest BCUT2D eigenvalue weighted by Gasteiger charge is -2.26. The van der Waals surface area contributed by atoms with Gasteiger partial charge in [-0.25, -0.2) is 4.98 Å². The number of aromatic hydroxyl groups is 1. The van der Waals surface area contributed by atoms with Gasteiger partial charge in [-0.15, -0.1) is 0 Å². The van der Waals surface area contributed by atoms with Crippen LogP contribution in [0.2, 0.25) is 0 Å². The zero-order valence-corrected chi connectivity index (χ0v) is 15.4. The third kappa shape index (κ3) is 4.34. The van der Waals surface area contributed by atoms with Gasteiger partial charge in [0.25, 0.3) is 0 Å². The Kier molecular flexibility index (Phi) is 4.97. The zero-order chi connectivity index (χ0) is 18.0. The number of hydrogen-bond acceptors (Lipinski definition) is 4. The molecular weight excluding hydrogens is 298 g/mol. The molecule has 0 unspecified atom stereocenters. The summed E-state index contributed by atoms with van der Waals surface area (Å²) in [5, 5.41) is 14.9. The van der Waals surface area contributed by atoms with Crippen molar-refractivity contribution in [3.63, 3.8) is 0 Å². The monoisotopic (exact) mass is 325 g/mol. The van der Waals surface area contributed by atoms with Crippen molar-refractivity contribution in [2.45, 2.75) is 52.4 Å². The fourth-order valence-corrected chi connectivity index (χ4v) is 2.36. The van der Waals surface area contributed by atoms with Crippen molar-refractivity contribution >= 4 is 12.0 Å². The third-order valence-corrected chi connectivity index (χ3v) is 3.86. The van der Waals surface area contributed by atoms with E-state index >= 15 is 0 Å². The van der Waals surface area contributed by atoms with Crippen LogP contribution < -0.4 is 5.43 Å². The number of phenolic OH excluding ortho intramolecular Hbond substituents is 1. The van der Waals surface area contributed by atoms with Crippen LogP contribution in [-0.4, -0.2) is 16.3 Å². The summed E-state index contributed by atoms with van der Waals surface area (Å²) in [5.74, 6) is 0.943. The van der Waals surface area contributed by atoms with E-state index in [1.54, 1.807) is 12.4 Å². The normalized spacial score (nSPS) is 12.6. The van der Waals surface area contributed by atoms with Gasteiger partial charge in [0.05, 0.1) is 6.21 Å². The average Bonchev–Trinajstić information content (AvgIpc) is 2.47. The van der Waals surface area contributed by atoms with E-state index in [4.69, 9.17) is 0 Å². The van der Waals surface area contributed by atoms with E-state index in [1.807, 2.05) is 24.3 Å². The molecule has 2 rings (SSSR count). The second-order valence-electron chi connectivity index (χ2n) is 8.05. The number of anilines is 1. The summed E-state index contributed by atoms with van der Waals surface area (Å²) in [6.45, 7) is 12.8. The minimum Gasteiger partial charge on any atom is -0.507 e. The van der Waals surface area contributed by atoms with E-state index in [0.29, 0.717) is 11.4 Å². The van der Waals surface area contributed by atoms with Gasteiger partial charge in [-0.3, -0.25) is 5.43 Å². The predicted molar refractivity (Wildman–Crippen MR) is 101 cm³/mol. The topological polar surface area (TPSA) is 57.5 Å². The predicted octanol–water partition coefficient (Wildman–Crippen LogP) is 4.83. The maximum absolute atomic E-state index is 10.7. The molecule has 2 aromatic rings. The van der Waals surface area contributed by atoms with Crippen LogP contribution >= 0.6 is 0 Å². The van der Waals surface area contributed by atoms with Crippen LogP contribution in [0.5, 0.6) is 5.75 Å². The zero-order valence-electron chi connectivity index (χ0n) is 15.4. The van der Waals surface area contributed by atoms with Crippen LogP contribution in [0.3, 0.4) is 0 Å². The number of nitrogens with one attached hydrogen (secondary N) is 1. The van der Waals surface area contributed by atoms with E-state index in [9.17, 15) is 5.11 Å². The Hall–Kier alpha value is -2.36. The Bertz CT molecular complexity index is 723. The van der Waals surface area contributed by atoms with Crippen molar-refractivity contribution in [1.82, 2.24) is 4.98 Å². The summed E-state index contributed by atoms with van der Waals surface area (Å²) in [4.78, 5) is 4.16. The van der Waals surface area contributed by atoms with Crippen LogP contribution in [0.4, 0.5) is 5.82 Å². The van der Waals surface area contributed by atoms with Crippen LogP contribution in [0, 0.1) is 0 Å². The van der Waals surface area contributed by atoms with Gasteiger partial charge in [0, 0.05) is 17.3 Å². The Labute approximate surface area is 144 Å². The molecule has 4 nitrogen and oxygen atoms in total. The number of benzene rings is 1. The van der Waals surface area contributed by atoms with E-state index in [2.05, 4.69) is 63.1 Å². The molecule has 0 aliphatic heterocycles. The van der Waals surface area contributed by atoms with E-state index in [0.717, 1.165) is 5.56 Å². The molecule has 2 N–H and O–H groups in total. The van der Waals surface area contributed by atoms with Gasteiger partial charge in [-0.1, -0.05) is 53.7 Å². The molecule has 0 bridgehead atoms. The van der Waals surface area contributed by atoms with Gasteiger partial charge in [0.2, 0.25) is 0 Å². The molecule has 1 heterocycles. The Balaban J connectivity index is 2.41. The minimum atomic E-state index is -0.150. The molecule has 0 radical (unpaired) electrons. The molecule has 0 atom stereocenters. The smallest absolute Gasteiger partial charge is 0.146 e. The number of pyridine rings is 1. The van der Waals surface area contributed by atoms with Crippen molar-refractivity contribution in [3.05, 3.63) is 53.2 Å². The lowest BCUT2D eigenvalue weighted by molar-refractivity contribution is 0.444. The van der Waals surface area contributed by atoms with Gasteiger partial charge in [-0.2, -0.15) is 5.10 Å². The van der Waals surface area contributed by atoms with Crippen molar-refractivity contribution in [1.29, 1.82) is 0 Å². The maximum Gasteiger partial charge on any atom is 0.146 e. The van der Waals surface area contributed by atoms with Crippen LogP contribution in [0.1, 0.15) is 58.2 Å². The first-order valence-corrected chi connectivity index (χ1v) is 8.17. The van der Waals surface area contributed by atoms with Gasteiger partial charge >= 0.3 is 0 Å². The molecule has 128 valence electrons. The van der Waals surface area contributed by atoms with Crippen LogP contribution in [-0.2, 0) is 10.8 Å². The van der Waals surface area contributed by atoms with Gasteiger partial charge < -0.3 is 5.11 Å². The van der Waals surface area contributed by atoms with Crippen molar-refractivity contribution in [2.24, 2.45) is 5.10 Å². The highest BCUT2D eigenvalue weighted by Crippen LogP contribution is 2.37. The molecule has 24 heavy (non-hydrogen) atoms. The molecule has 0 amide bonds. The molecule has 0 saturated heterocycles. The summed E-state index contributed by atoms with van der Waals surface area (Å²) in [7, 11) is 0. The highest BCUT2D eigenvalue weighted by Gasteiger charge is 2.24. The second kappa shape index (κ2) is 6.63. The third-order valence-electron chi connectivity index (χ3n) is 3.86. The van der Waals surface area contributed by atoms with E-state index in [1.165, 1.54) is 5.56 Å². The molecule has 4 heteroatoms. The summed E-state index contributed by atoms with van der Waals surface area (Å²) in [6.07, 6.45) is 3.35. The molecule has 0 aliphatic rings. The Morgan fingerprint density at radius 3 is 2.29 bits per heavy atom. The second-order valence-corrected chi connectivity index (χ2v) is 8.05. The summed E-state index contributed by atoms with van der Waals surface area (Å²) < 4.78 is 0. The summed E-state index contributed by atoms with van der Waals surface area (Å²) >= 11 is 0. The molecule has 1 aromatic carbocycles. The quantitative estimate of drug-likeness (QED) is 0.628. The van der Waals surface area contributed by atoms with Crippen molar-refractivity contribution in [2.75, 3.05) is 5.43 Å².